The van der Waals surface area contributed by atoms with Crippen LogP contribution in [0.4, 0.5) is 32.3 Å². The lowest BCUT2D eigenvalue weighted by Crippen LogP contribution is -2.34. The van der Waals surface area contributed by atoms with Crippen LogP contribution < -0.4 is 26.2 Å². The molecule has 224 valence electrons. The lowest BCUT2D eigenvalue weighted by Gasteiger charge is -2.22. The van der Waals surface area contributed by atoms with Crippen LogP contribution in [-0.4, -0.2) is 63.3 Å². The minimum absolute atomic E-state index is 0.274. The van der Waals surface area contributed by atoms with E-state index in [2.05, 4.69) is 26.2 Å². The maximum absolute atomic E-state index is 13.1. The van der Waals surface area contributed by atoms with E-state index in [0.717, 1.165) is 17.8 Å². The number of para-hydroxylation sites is 2. The van der Waals surface area contributed by atoms with Crippen molar-refractivity contribution in [2.24, 2.45) is 0 Å². The van der Waals surface area contributed by atoms with Crippen molar-refractivity contribution in [3.8, 4) is 0 Å². The Labute approximate surface area is 248 Å². The Morgan fingerprint density at radius 3 is 1.93 bits per heavy atom. The molecule has 3 aromatic carbocycles. The summed E-state index contributed by atoms with van der Waals surface area (Å²) in [6.07, 6.45) is 0.0642. The topological polar surface area (TPSA) is 115 Å². The van der Waals surface area contributed by atoms with Crippen LogP contribution in [0.15, 0.2) is 72.8 Å². The van der Waals surface area contributed by atoms with E-state index in [0.29, 0.717) is 29.0 Å². The van der Waals surface area contributed by atoms with Crippen molar-refractivity contribution in [1.29, 1.82) is 0 Å². The summed E-state index contributed by atoms with van der Waals surface area (Å²) in [5.41, 5.74) is 3.25. The predicted octanol–water partition coefficient (Wildman–Crippen LogP) is 6.17. The van der Waals surface area contributed by atoms with Gasteiger partial charge in [0.25, 0.3) is 5.91 Å². The van der Waals surface area contributed by atoms with Gasteiger partial charge in [0, 0.05) is 31.0 Å². The number of carbonyl (C=O) groups excluding carboxylic acids is 3. The fourth-order valence-corrected chi connectivity index (χ4v) is 4.05. The van der Waals surface area contributed by atoms with Crippen molar-refractivity contribution in [2.45, 2.75) is 38.8 Å². The van der Waals surface area contributed by atoms with Crippen molar-refractivity contribution in [3.63, 3.8) is 0 Å². The van der Waals surface area contributed by atoms with Gasteiger partial charge in [0.15, 0.2) is 0 Å². The second kappa shape index (κ2) is 14.4. The van der Waals surface area contributed by atoms with Gasteiger partial charge in [0.2, 0.25) is 0 Å². The van der Waals surface area contributed by atoms with Crippen molar-refractivity contribution in [2.75, 3.05) is 55.6 Å². The number of benzene rings is 3. The van der Waals surface area contributed by atoms with E-state index in [-0.39, 0.29) is 18.0 Å². The zero-order valence-electron chi connectivity index (χ0n) is 25.4. The number of hydrogen-bond acceptors (Lipinski definition) is 6. The minimum atomic E-state index is -0.651. The molecule has 0 heterocycles. The van der Waals surface area contributed by atoms with Crippen LogP contribution in [0.25, 0.3) is 0 Å². The first kappa shape index (κ1) is 32.0. The molecule has 3 rings (SSSR count). The summed E-state index contributed by atoms with van der Waals surface area (Å²) in [5, 5.41) is 11.5. The van der Waals surface area contributed by atoms with Crippen LogP contribution in [0, 0.1) is 0 Å². The summed E-state index contributed by atoms with van der Waals surface area (Å²) in [5.74, 6) is -0.336. The second-order valence-corrected chi connectivity index (χ2v) is 11.4. The molecule has 0 bridgehead atoms. The molecule has 1 unspecified atom stereocenters. The van der Waals surface area contributed by atoms with E-state index in [1.165, 1.54) is 0 Å². The Kier molecular flexibility index (Phi) is 10.9. The van der Waals surface area contributed by atoms with Crippen LogP contribution in [-0.2, 0) is 4.74 Å². The Bertz CT molecular complexity index is 1350. The monoisotopic (exact) mass is 574 g/mol. The van der Waals surface area contributed by atoms with Gasteiger partial charge >= 0.3 is 12.1 Å². The number of ether oxygens (including phenoxy) is 1. The highest BCUT2D eigenvalue weighted by Crippen LogP contribution is 2.24. The Morgan fingerprint density at radius 1 is 0.786 bits per heavy atom. The Morgan fingerprint density at radius 2 is 1.38 bits per heavy atom. The normalized spacial score (nSPS) is 11.8. The van der Waals surface area contributed by atoms with Gasteiger partial charge in [-0.1, -0.05) is 24.3 Å². The molecule has 0 aromatic heterocycles. The molecule has 0 aliphatic rings. The van der Waals surface area contributed by atoms with Gasteiger partial charge in [-0.25, -0.2) is 9.59 Å². The molecule has 0 radical (unpaired) electrons. The number of carbonyl (C=O) groups is 3. The van der Waals surface area contributed by atoms with Crippen LogP contribution >= 0.6 is 0 Å². The summed E-state index contributed by atoms with van der Waals surface area (Å²) >= 11 is 0. The third-order valence-corrected chi connectivity index (χ3v) is 6.20. The molecule has 10 nitrogen and oxygen atoms in total. The molecule has 4 N–H and O–H groups in total. The van der Waals surface area contributed by atoms with Gasteiger partial charge < -0.3 is 30.5 Å². The Hall–Kier alpha value is -4.57. The molecular weight excluding hydrogens is 532 g/mol. The predicted molar refractivity (Wildman–Crippen MR) is 170 cm³/mol. The maximum Gasteiger partial charge on any atom is 0.412 e. The van der Waals surface area contributed by atoms with Gasteiger partial charge in [-0.15, -0.1) is 0 Å². The van der Waals surface area contributed by atoms with Gasteiger partial charge in [-0.2, -0.15) is 0 Å². The molecule has 0 aliphatic carbocycles. The molecule has 10 heteroatoms. The van der Waals surface area contributed by atoms with Crippen LogP contribution in [0.3, 0.4) is 0 Å². The van der Waals surface area contributed by atoms with Gasteiger partial charge in [-0.3, -0.25) is 10.1 Å². The van der Waals surface area contributed by atoms with Crippen LogP contribution in [0.5, 0.6) is 0 Å². The molecular formula is C32H42N6O4. The third kappa shape index (κ3) is 10.1. The summed E-state index contributed by atoms with van der Waals surface area (Å²) in [7, 11) is 7.88. The molecule has 42 heavy (non-hydrogen) atoms. The quantitative estimate of drug-likeness (QED) is 0.230. The van der Waals surface area contributed by atoms with Gasteiger partial charge in [-0.05, 0) is 102 Å². The third-order valence-electron chi connectivity index (χ3n) is 6.20. The van der Waals surface area contributed by atoms with Gasteiger partial charge in [0.1, 0.15) is 5.60 Å². The first-order chi connectivity index (χ1) is 19.8. The molecule has 1 atom stereocenters. The fraction of sp³-hybridized carbons (Fsp3) is 0.344. The second-order valence-electron chi connectivity index (χ2n) is 11.4. The van der Waals surface area contributed by atoms with E-state index in [4.69, 9.17) is 4.74 Å². The molecule has 0 saturated heterocycles. The van der Waals surface area contributed by atoms with Crippen LogP contribution in [0.2, 0.25) is 0 Å². The van der Waals surface area contributed by atoms with E-state index < -0.39 is 11.7 Å². The summed E-state index contributed by atoms with van der Waals surface area (Å²) < 4.78 is 5.33. The first-order valence-corrected chi connectivity index (χ1v) is 13.8. The number of rotatable bonds is 10. The van der Waals surface area contributed by atoms with Crippen molar-refractivity contribution in [1.82, 2.24) is 10.2 Å². The van der Waals surface area contributed by atoms with Crippen molar-refractivity contribution in [3.05, 3.63) is 83.9 Å². The maximum atomic E-state index is 13.1. The SMILES string of the molecule is CN(C)CCC(NC(=O)Nc1ccc(N(C)C)cc1)c1ccc(C(=O)Nc2ccccc2NC(=O)OC(C)(C)C)cc1. The number of hydrogen-bond donors (Lipinski definition) is 4. The molecule has 3 aromatic rings. The number of anilines is 4. The van der Waals surface area contributed by atoms with E-state index in [1.807, 2.05) is 69.5 Å². The van der Waals surface area contributed by atoms with E-state index in [9.17, 15) is 14.4 Å². The Balaban J connectivity index is 1.69. The number of urea groups is 1. The summed E-state index contributed by atoms with van der Waals surface area (Å²) in [6, 6.07) is 21.0. The minimum Gasteiger partial charge on any atom is -0.444 e. The average Bonchev–Trinajstić information content (AvgIpc) is 2.91. The lowest BCUT2D eigenvalue weighted by molar-refractivity contribution is 0.0635. The highest BCUT2D eigenvalue weighted by molar-refractivity contribution is 6.06. The molecule has 0 fully saturated rings. The molecule has 0 aliphatic heterocycles. The highest BCUT2D eigenvalue weighted by atomic mass is 16.6. The van der Waals surface area contributed by atoms with E-state index in [1.54, 1.807) is 57.2 Å². The number of nitrogens with one attached hydrogen (secondary N) is 4. The average molecular weight is 575 g/mol. The van der Waals surface area contributed by atoms with Crippen LogP contribution in [0.1, 0.15) is 49.2 Å². The lowest BCUT2D eigenvalue weighted by atomic mass is 10.0. The molecule has 0 saturated carbocycles. The largest absolute Gasteiger partial charge is 0.444 e. The molecule has 0 spiro atoms. The number of nitrogens with zero attached hydrogens (tertiary/aromatic N) is 2. The first-order valence-electron chi connectivity index (χ1n) is 13.8. The van der Waals surface area contributed by atoms with E-state index >= 15 is 0 Å². The van der Waals surface area contributed by atoms with Crippen molar-refractivity contribution >= 4 is 40.8 Å². The smallest absolute Gasteiger partial charge is 0.412 e. The summed E-state index contributed by atoms with van der Waals surface area (Å²) in [6.45, 7) is 6.09. The highest BCUT2D eigenvalue weighted by Gasteiger charge is 2.19. The zero-order valence-corrected chi connectivity index (χ0v) is 25.4. The zero-order chi connectivity index (χ0) is 30.9. The van der Waals surface area contributed by atoms with Crippen molar-refractivity contribution < 1.29 is 19.1 Å². The number of amides is 4. The van der Waals surface area contributed by atoms with Gasteiger partial charge in [0.05, 0.1) is 17.4 Å². The fourth-order valence-electron chi connectivity index (χ4n) is 4.05. The summed E-state index contributed by atoms with van der Waals surface area (Å²) in [4.78, 5) is 42.3. The molecule has 4 amide bonds. The standard InChI is InChI=1S/C32H42N6O4/c1-32(2,3)42-31(41)36-28-11-9-8-10-27(28)34-29(39)23-14-12-22(13-15-23)26(20-21-37(4)5)35-30(40)33-24-16-18-25(19-17-24)38(6)7/h8-19,26H,20-21H2,1-7H3,(H,34,39)(H,36,41)(H2,33,35,40).